The van der Waals surface area contributed by atoms with Crippen LogP contribution in [0, 0.1) is 13.8 Å². The predicted molar refractivity (Wildman–Crippen MR) is 89.5 cm³/mol. The molecule has 0 aliphatic rings. The summed E-state index contributed by atoms with van der Waals surface area (Å²) in [6, 6.07) is 9.80. The lowest BCUT2D eigenvalue weighted by atomic mass is 10.0. The summed E-state index contributed by atoms with van der Waals surface area (Å²) in [7, 11) is 0. The van der Waals surface area contributed by atoms with Crippen molar-refractivity contribution in [2.24, 2.45) is 5.73 Å². The van der Waals surface area contributed by atoms with Crippen LogP contribution in [0.15, 0.2) is 30.3 Å². The van der Waals surface area contributed by atoms with E-state index in [9.17, 15) is 0 Å². The summed E-state index contributed by atoms with van der Waals surface area (Å²) in [6.45, 7) is 5.14. The summed E-state index contributed by atoms with van der Waals surface area (Å²) in [6.07, 6.45) is 0.877. The molecule has 0 aliphatic carbocycles. The summed E-state index contributed by atoms with van der Waals surface area (Å²) < 4.78 is 5.95. The molecule has 2 aromatic rings. The van der Waals surface area contributed by atoms with Crippen LogP contribution in [0.5, 0.6) is 5.75 Å². The third kappa shape index (κ3) is 3.91. The van der Waals surface area contributed by atoms with E-state index in [0.717, 1.165) is 28.9 Å². The molecular formula is C17H19Cl2NO. The van der Waals surface area contributed by atoms with Gasteiger partial charge in [0.15, 0.2) is 0 Å². The van der Waals surface area contributed by atoms with Gasteiger partial charge in [0.1, 0.15) is 12.4 Å². The van der Waals surface area contributed by atoms with Gasteiger partial charge in [0.2, 0.25) is 0 Å². The van der Waals surface area contributed by atoms with Crippen molar-refractivity contribution in [2.75, 3.05) is 6.54 Å². The van der Waals surface area contributed by atoms with Crippen molar-refractivity contribution in [1.29, 1.82) is 0 Å². The van der Waals surface area contributed by atoms with Gasteiger partial charge in [-0.05, 0) is 49.6 Å². The lowest BCUT2D eigenvalue weighted by molar-refractivity contribution is 0.302. The van der Waals surface area contributed by atoms with Crippen molar-refractivity contribution >= 4 is 23.2 Å². The minimum atomic E-state index is 0.400. The highest BCUT2D eigenvalue weighted by Gasteiger charge is 2.09. The number of aryl methyl sites for hydroxylation is 2. The molecule has 0 aliphatic heterocycles. The standard InChI is InChI=1S/C17H19Cl2NO/c1-11-8-13(6-7-20)9-12(2)17(11)21-10-14-4-3-5-15(18)16(14)19/h3-5,8-9H,6-7,10,20H2,1-2H3. The van der Waals surface area contributed by atoms with Crippen LogP contribution in [0.3, 0.4) is 0 Å². The maximum absolute atomic E-state index is 6.18. The molecule has 2 nitrogen and oxygen atoms in total. The summed E-state index contributed by atoms with van der Waals surface area (Å²) in [5, 5.41) is 1.10. The molecule has 0 bridgehead atoms. The first kappa shape index (κ1) is 16.2. The molecule has 0 unspecified atom stereocenters. The highest BCUT2D eigenvalue weighted by molar-refractivity contribution is 6.42. The summed E-state index contributed by atoms with van der Waals surface area (Å²) in [4.78, 5) is 0. The molecule has 21 heavy (non-hydrogen) atoms. The van der Waals surface area contributed by atoms with Crippen LogP contribution in [0.2, 0.25) is 10.0 Å². The lowest BCUT2D eigenvalue weighted by Crippen LogP contribution is -2.05. The van der Waals surface area contributed by atoms with Crippen molar-refractivity contribution in [3.63, 3.8) is 0 Å². The molecule has 0 atom stereocenters. The summed E-state index contributed by atoms with van der Waals surface area (Å²) in [5.41, 5.74) is 9.94. The molecule has 0 fully saturated rings. The predicted octanol–water partition coefficient (Wildman–Crippen LogP) is 4.69. The molecule has 4 heteroatoms. The topological polar surface area (TPSA) is 35.2 Å². The Labute approximate surface area is 135 Å². The third-order valence-corrected chi connectivity index (χ3v) is 4.21. The van der Waals surface area contributed by atoms with Gasteiger partial charge in [-0.15, -0.1) is 0 Å². The van der Waals surface area contributed by atoms with E-state index in [4.69, 9.17) is 33.7 Å². The van der Waals surface area contributed by atoms with Crippen LogP contribution >= 0.6 is 23.2 Å². The normalized spacial score (nSPS) is 10.7. The van der Waals surface area contributed by atoms with Crippen LogP contribution < -0.4 is 10.5 Å². The monoisotopic (exact) mass is 323 g/mol. The van der Waals surface area contributed by atoms with Gasteiger partial charge in [-0.25, -0.2) is 0 Å². The van der Waals surface area contributed by atoms with E-state index in [2.05, 4.69) is 12.1 Å². The molecule has 0 saturated carbocycles. The Morgan fingerprint density at radius 2 is 1.76 bits per heavy atom. The minimum Gasteiger partial charge on any atom is -0.488 e. The van der Waals surface area contributed by atoms with Crippen molar-refractivity contribution in [3.05, 3.63) is 62.6 Å². The number of ether oxygens (including phenoxy) is 1. The zero-order valence-electron chi connectivity index (χ0n) is 12.2. The van der Waals surface area contributed by atoms with Gasteiger partial charge in [-0.1, -0.05) is 47.5 Å². The Morgan fingerprint density at radius 1 is 1.10 bits per heavy atom. The van der Waals surface area contributed by atoms with Crippen LogP contribution in [0.4, 0.5) is 0 Å². The van der Waals surface area contributed by atoms with Crippen molar-refractivity contribution in [2.45, 2.75) is 26.9 Å². The second-order valence-corrected chi connectivity index (χ2v) is 5.88. The third-order valence-electron chi connectivity index (χ3n) is 3.36. The average Bonchev–Trinajstić information content (AvgIpc) is 2.42. The molecule has 0 radical (unpaired) electrons. The van der Waals surface area contributed by atoms with Crippen LogP contribution in [0.25, 0.3) is 0 Å². The van der Waals surface area contributed by atoms with Gasteiger partial charge in [0.05, 0.1) is 10.0 Å². The average molecular weight is 324 g/mol. The van der Waals surface area contributed by atoms with Crippen LogP contribution in [0.1, 0.15) is 22.3 Å². The number of halogens is 2. The van der Waals surface area contributed by atoms with E-state index in [-0.39, 0.29) is 0 Å². The Morgan fingerprint density at radius 3 is 2.38 bits per heavy atom. The zero-order chi connectivity index (χ0) is 15.4. The fraction of sp³-hybridized carbons (Fsp3) is 0.294. The van der Waals surface area contributed by atoms with Gasteiger partial charge in [0, 0.05) is 5.56 Å². The van der Waals surface area contributed by atoms with Crippen molar-refractivity contribution in [3.8, 4) is 5.75 Å². The lowest BCUT2D eigenvalue weighted by Gasteiger charge is -2.15. The molecule has 0 saturated heterocycles. The molecule has 2 rings (SSSR count). The zero-order valence-corrected chi connectivity index (χ0v) is 13.8. The van der Waals surface area contributed by atoms with Crippen LogP contribution in [-0.4, -0.2) is 6.54 Å². The summed E-state index contributed by atoms with van der Waals surface area (Å²) in [5.74, 6) is 0.895. The molecule has 0 spiro atoms. The van der Waals surface area contributed by atoms with Gasteiger partial charge >= 0.3 is 0 Å². The molecule has 0 aromatic heterocycles. The maximum atomic E-state index is 6.18. The largest absolute Gasteiger partial charge is 0.488 e. The summed E-state index contributed by atoms with van der Waals surface area (Å²) >= 11 is 12.2. The second kappa shape index (κ2) is 7.17. The Balaban J connectivity index is 2.18. The second-order valence-electron chi connectivity index (χ2n) is 5.10. The molecule has 112 valence electrons. The highest BCUT2D eigenvalue weighted by atomic mass is 35.5. The molecule has 0 amide bonds. The Bertz CT molecular complexity index is 618. The fourth-order valence-corrected chi connectivity index (χ4v) is 2.76. The minimum absolute atomic E-state index is 0.400. The number of benzene rings is 2. The van der Waals surface area contributed by atoms with E-state index >= 15 is 0 Å². The first-order chi connectivity index (χ1) is 10.0. The number of rotatable bonds is 5. The Kier molecular flexibility index (Phi) is 5.51. The first-order valence-corrected chi connectivity index (χ1v) is 7.64. The van der Waals surface area contributed by atoms with E-state index in [1.807, 2.05) is 26.0 Å². The SMILES string of the molecule is Cc1cc(CCN)cc(C)c1OCc1cccc(Cl)c1Cl. The van der Waals surface area contributed by atoms with Gasteiger partial charge < -0.3 is 10.5 Å². The fourth-order valence-electron chi connectivity index (χ4n) is 2.39. The quantitative estimate of drug-likeness (QED) is 0.866. The molecule has 2 aromatic carbocycles. The van der Waals surface area contributed by atoms with Crippen molar-refractivity contribution < 1.29 is 4.74 Å². The van der Waals surface area contributed by atoms with E-state index < -0.39 is 0 Å². The highest BCUT2D eigenvalue weighted by Crippen LogP contribution is 2.29. The molecular weight excluding hydrogens is 305 g/mol. The number of nitrogens with two attached hydrogens (primary N) is 1. The maximum Gasteiger partial charge on any atom is 0.125 e. The van der Waals surface area contributed by atoms with E-state index in [1.165, 1.54) is 5.56 Å². The number of hydrogen-bond donors (Lipinski definition) is 1. The molecule has 2 N–H and O–H groups in total. The van der Waals surface area contributed by atoms with Gasteiger partial charge in [-0.3, -0.25) is 0 Å². The first-order valence-electron chi connectivity index (χ1n) is 6.88. The van der Waals surface area contributed by atoms with Gasteiger partial charge in [-0.2, -0.15) is 0 Å². The molecule has 0 heterocycles. The van der Waals surface area contributed by atoms with E-state index in [1.54, 1.807) is 6.07 Å². The van der Waals surface area contributed by atoms with Crippen molar-refractivity contribution in [1.82, 2.24) is 0 Å². The van der Waals surface area contributed by atoms with E-state index in [0.29, 0.717) is 23.2 Å². The number of hydrogen-bond acceptors (Lipinski definition) is 2. The smallest absolute Gasteiger partial charge is 0.125 e. The van der Waals surface area contributed by atoms with Gasteiger partial charge in [0.25, 0.3) is 0 Å². The Hall–Kier alpha value is -1.22. The van der Waals surface area contributed by atoms with Crippen LogP contribution in [-0.2, 0) is 13.0 Å².